The Balaban J connectivity index is 1.25. The zero-order valence-corrected chi connectivity index (χ0v) is 24.6. The second-order valence-corrected chi connectivity index (χ2v) is 12.3. The molecular formula is C31H32N6O4S. The van der Waals surface area contributed by atoms with E-state index in [0.29, 0.717) is 57.6 Å². The number of carbonyl (C=O) groups excluding carboxylic acids is 3. The lowest BCUT2D eigenvalue weighted by atomic mass is 10.0. The highest BCUT2D eigenvalue weighted by Crippen LogP contribution is 2.46. The molecule has 2 aliphatic heterocycles. The van der Waals surface area contributed by atoms with E-state index in [1.807, 2.05) is 39.0 Å². The number of piperidine rings is 1. The van der Waals surface area contributed by atoms with Gasteiger partial charge in [0, 0.05) is 25.3 Å². The molecule has 42 heavy (non-hydrogen) atoms. The van der Waals surface area contributed by atoms with Crippen LogP contribution in [-0.2, 0) is 4.79 Å². The zero-order valence-electron chi connectivity index (χ0n) is 23.8. The van der Waals surface area contributed by atoms with E-state index >= 15 is 0 Å². The summed E-state index contributed by atoms with van der Waals surface area (Å²) in [6, 6.07) is 8.80. The quantitative estimate of drug-likeness (QED) is 0.273. The van der Waals surface area contributed by atoms with Crippen LogP contribution in [-0.4, -0.2) is 53.0 Å². The summed E-state index contributed by atoms with van der Waals surface area (Å²) >= 11 is 1.22. The van der Waals surface area contributed by atoms with Gasteiger partial charge in [-0.15, -0.1) is 11.3 Å². The molecule has 6 rings (SSSR count). The molecule has 10 nitrogen and oxygen atoms in total. The Hall–Kier alpha value is -4.43. The molecule has 3 aliphatic rings. The van der Waals surface area contributed by atoms with Crippen LogP contribution in [0, 0.1) is 24.2 Å². The summed E-state index contributed by atoms with van der Waals surface area (Å²) < 4.78 is 5.81. The second-order valence-electron chi connectivity index (χ2n) is 11.3. The highest BCUT2D eigenvalue weighted by Gasteiger charge is 2.35. The number of carbonyl (C=O) groups is 3. The van der Waals surface area contributed by atoms with Crippen molar-refractivity contribution >= 4 is 56.5 Å². The maximum atomic E-state index is 13.6. The number of nitrogens with one attached hydrogen (secondary N) is 2. The Morgan fingerprint density at radius 2 is 2.05 bits per heavy atom. The molecule has 0 spiro atoms. The molecule has 2 N–H and O–H groups in total. The molecule has 2 aromatic heterocycles. The second kappa shape index (κ2) is 11.1. The van der Waals surface area contributed by atoms with Crippen LogP contribution >= 0.6 is 11.3 Å². The number of anilines is 3. The minimum Gasteiger partial charge on any atom is -0.491 e. The molecule has 4 amide bonds. The highest BCUT2D eigenvalue weighted by molar-refractivity contribution is 7.21. The van der Waals surface area contributed by atoms with Crippen LogP contribution < -0.4 is 20.3 Å². The number of thiophene rings is 1. The maximum Gasteiger partial charge on any atom is 0.331 e. The molecule has 1 atom stereocenters. The summed E-state index contributed by atoms with van der Waals surface area (Å²) in [7, 11) is 0. The predicted octanol–water partition coefficient (Wildman–Crippen LogP) is 5.66. The lowest BCUT2D eigenvalue weighted by Gasteiger charge is -2.33. The molecule has 0 radical (unpaired) electrons. The lowest BCUT2D eigenvalue weighted by Crippen LogP contribution is -2.50. The van der Waals surface area contributed by atoms with Crippen LogP contribution in [0.25, 0.3) is 10.2 Å². The van der Waals surface area contributed by atoms with Gasteiger partial charge in [-0.3, -0.25) is 14.5 Å². The van der Waals surface area contributed by atoms with Crippen molar-refractivity contribution in [1.29, 1.82) is 5.26 Å². The minimum atomic E-state index is -0.371. The standard InChI is InChI=1S/C31H32N6O4S/c1-17(2)41-22-8-9-23(18(3)13-22)37-24-10-11-33-29-25(24)26(35-31(37)40)27(42-29)28(38)34-21-5-4-12-36(16-21)30(39)20(15-32)14-19-6-7-19/h8-11,13-14,17,19,21H,4-7,12,16H2,1-3H3,(H,34,38)(H,35,40). The molecule has 1 aliphatic carbocycles. The predicted molar refractivity (Wildman–Crippen MR) is 161 cm³/mol. The number of urea groups is 1. The van der Waals surface area contributed by atoms with Gasteiger partial charge in [0.15, 0.2) is 0 Å². The Labute approximate surface area is 248 Å². The topological polar surface area (TPSA) is 128 Å². The molecule has 11 heteroatoms. The van der Waals surface area contributed by atoms with E-state index in [1.54, 1.807) is 28.1 Å². The molecule has 1 saturated heterocycles. The Morgan fingerprint density at radius 1 is 1.24 bits per heavy atom. The summed E-state index contributed by atoms with van der Waals surface area (Å²) in [4.78, 5) is 48.9. The van der Waals surface area contributed by atoms with Gasteiger partial charge in [0.2, 0.25) is 0 Å². The molecule has 2 fully saturated rings. The van der Waals surface area contributed by atoms with Crippen molar-refractivity contribution in [1.82, 2.24) is 15.2 Å². The van der Waals surface area contributed by atoms with E-state index in [9.17, 15) is 19.6 Å². The van der Waals surface area contributed by atoms with Gasteiger partial charge in [0.05, 0.1) is 28.6 Å². The summed E-state index contributed by atoms with van der Waals surface area (Å²) in [5.74, 6) is 0.443. The number of rotatable bonds is 7. The lowest BCUT2D eigenvalue weighted by molar-refractivity contribution is -0.128. The van der Waals surface area contributed by atoms with Crippen LogP contribution in [0.2, 0.25) is 0 Å². The van der Waals surface area contributed by atoms with E-state index in [2.05, 4.69) is 21.7 Å². The summed E-state index contributed by atoms with van der Waals surface area (Å²) in [5, 5.41) is 16.2. The van der Waals surface area contributed by atoms with Crippen molar-refractivity contribution in [2.24, 2.45) is 5.92 Å². The molecule has 216 valence electrons. The molecular weight excluding hydrogens is 552 g/mol. The van der Waals surface area contributed by atoms with Gasteiger partial charge in [-0.1, -0.05) is 6.08 Å². The van der Waals surface area contributed by atoms with E-state index in [4.69, 9.17) is 4.74 Å². The van der Waals surface area contributed by atoms with Crippen molar-refractivity contribution < 1.29 is 19.1 Å². The summed E-state index contributed by atoms with van der Waals surface area (Å²) in [6.45, 7) is 6.72. The molecule has 0 bridgehead atoms. The van der Waals surface area contributed by atoms with E-state index in [1.165, 1.54) is 11.3 Å². The Bertz CT molecular complexity index is 1670. The number of hydrogen-bond donors (Lipinski definition) is 2. The molecule has 1 unspecified atom stereocenters. The average molecular weight is 585 g/mol. The number of hydrogen-bond acceptors (Lipinski definition) is 7. The van der Waals surface area contributed by atoms with Crippen LogP contribution in [0.4, 0.5) is 21.9 Å². The number of aromatic nitrogens is 1. The van der Waals surface area contributed by atoms with Crippen LogP contribution in [0.5, 0.6) is 5.75 Å². The SMILES string of the molecule is Cc1cc(OC(C)C)ccc1N1C(=O)Nc2c(C(=O)NC3CCCN(C(=O)C(C#N)=CC4CC4)C3)sc3nccc1c23. The van der Waals surface area contributed by atoms with Gasteiger partial charge < -0.3 is 20.3 Å². The smallest absolute Gasteiger partial charge is 0.331 e. The number of allylic oxidation sites excluding steroid dienone is 1. The minimum absolute atomic E-state index is 0.0302. The fraction of sp³-hybridized carbons (Fsp3) is 0.387. The first kappa shape index (κ1) is 27.7. The maximum absolute atomic E-state index is 13.6. The first-order valence-corrected chi connectivity index (χ1v) is 15.1. The van der Waals surface area contributed by atoms with Crippen molar-refractivity contribution in [2.45, 2.75) is 58.6 Å². The van der Waals surface area contributed by atoms with Gasteiger partial charge in [0.1, 0.15) is 27.1 Å². The molecule has 3 aromatic rings. The number of pyridine rings is 1. The van der Waals surface area contributed by atoms with E-state index in [-0.39, 0.29) is 35.6 Å². The van der Waals surface area contributed by atoms with Crippen LogP contribution in [0.1, 0.15) is 54.8 Å². The van der Waals surface area contributed by atoms with E-state index in [0.717, 1.165) is 30.6 Å². The number of nitrogens with zero attached hydrogens (tertiary/aromatic N) is 4. The van der Waals surface area contributed by atoms with Crippen molar-refractivity contribution in [3.8, 4) is 11.8 Å². The third-order valence-electron chi connectivity index (χ3n) is 7.65. The van der Waals surface area contributed by atoms with Gasteiger partial charge in [-0.05, 0) is 82.2 Å². The number of likely N-dealkylation sites (tertiary alicyclic amines) is 1. The third kappa shape index (κ3) is 5.30. The highest BCUT2D eigenvalue weighted by atomic mass is 32.1. The van der Waals surface area contributed by atoms with Crippen LogP contribution in [0.15, 0.2) is 42.1 Å². The first-order chi connectivity index (χ1) is 20.2. The zero-order chi connectivity index (χ0) is 29.5. The first-order valence-electron chi connectivity index (χ1n) is 14.3. The van der Waals surface area contributed by atoms with Gasteiger partial charge in [-0.2, -0.15) is 5.26 Å². The van der Waals surface area contributed by atoms with Crippen molar-refractivity contribution in [2.75, 3.05) is 23.3 Å². The van der Waals surface area contributed by atoms with Crippen molar-refractivity contribution in [3.63, 3.8) is 0 Å². The number of ether oxygens (including phenoxy) is 1. The van der Waals surface area contributed by atoms with Crippen LogP contribution in [0.3, 0.4) is 0 Å². The fourth-order valence-electron chi connectivity index (χ4n) is 5.56. The Morgan fingerprint density at radius 3 is 2.76 bits per heavy atom. The van der Waals surface area contributed by atoms with Gasteiger partial charge >= 0.3 is 6.03 Å². The normalized spacial score (nSPS) is 18.6. The van der Waals surface area contributed by atoms with Gasteiger partial charge in [0.25, 0.3) is 11.8 Å². The number of benzene rings is 1. The van der Waals surface area contributed by atoms with Crippen molar-refractivity contribution in [3.05, 3.63) is 52.6 Å². The number of amides is 4. The third-order valence-corrected chi connectivity index (χ3v) is 8.75. The Kier molecular flexibility index (Phi) is 7.33. The molecule has 1 aromatic carbocycles. The fourth-order valence-corrected chi connectivity index (χ4v) is 6.59. The molecule has 4 heterocycles. The van der Waals surface area contributed by atoms with Gasteiger partial charge in [-0.25, -0.2) is 9.78 Å². The largest absolute Gasteiger partial charge is 0.491 e. The molecule has 1 saturated carbocycles. The van der Waals surface area contributed by atoms with E-state index < -0.39 is 0 Å². The average Bonchev–Trinajstić information content (AvgIpc) is 3.71. The number of nitriles is 1. The number of aryl methyl sites for hydroxylation is 1. The monoisotopic (exact) mass is 584 g/mol. The summed E-state index contributed by atoms with van der Waals surface area (Å²) in [5.41, 5.74) is 2.85. The summed E-state index contributed by atoms with van der Waals surface area (Å²) in [6.07, 6.45) is 6.90.